The first kappa shape index (κ1) is 20.4. The van der Waals surface area contributed by atoms with Crippen LogP contribution in [0.2, 0.25) is 0 Å². The lowest BCUT2D eigenvalue weighted by molar-refractivity contribution is -0.139. The summed E-state index contributed by atoms with van der Waals surface area (Å²) < 4.78 is 0. The number of amides is 2. The largest absolute Gasteiger partial charge is 0.481 e. The molecule has 2 amide bonds. The highest BCUT2D eigenvalue weighted by molar-refractivity contribution is 5.91. The Bertz CT molecular complexity index is 604. The van der Waals surface area contributed by atoms with Gasteiger partial charge in [0, 0.05) is 0 Å². The van der Waals surface area contributed by atoms with Crippen LogP contribution < -0.4 is 16.4 Å². The van der Waals surface area contributed by atoms with Gasteiger partial charge in [-0.2, -0.15) is 0 Å². The van der Waals surface area contributed by atoms with E-state index < -0.39 is 30.4 Å². The summed E-state index contributed by atoms with van der Waals surface area (Å²) in [6.07, 6.45) is 2.11. The van der Waals surface area contributed by atoms with Crippen molar-refractivity contribution in [2.45, 2.75) is 44.3 Å². The highest BCUT2D eigenvalue weighted by atomic mass is 16.4. The fourth-order valence-electron chi connectivity index (χ4n) is 2.32. The standard InChI is InChI=1S/C18H25N3O4/c1-3-8-15(12-9-6-5-7-10-12)21-18(25)14(4-2)20-17(24)13(19)11-16(22)23/h3,5-7,9-10,13-15H,1,4,8,11,19H2,2H3,(H,20,24)(H,21,25)(H,22,23)/t13-,14-,15?/m0/s1. The van der Waals surface area contributed by atoms with Gasteiger partial charge in [0.05, 0.1) is 18.5 Å². The number of hydrogen-bond donors (Lipinski definition) is 4. The van der Waals surface area contributed by atoms with Crippen molar-refractivity contribution in [3.05, 3.63) is 48.6 Å². The molecule has 0 fully saturated rings. The van der Waals surface area contributed by atoms with E-state index in [2.05, 4.69) is 17.2 Å². The van der Waals surface area contributed by atoms with Gasteiger partial charge in [-0.15, -0.1) is 6.58 Å². The Kier molecular flexibility index (Phi) is 8.35. The Hall–Kier alpha value is -2.67. The lowest BCUT2D eigenvalue weighted by atomic mass is 10.0. The van der Waals surface area contributed by atoms with Gasteiger partial charge in [0.1, 0.15) is 6.04 Å². The van der Waals surface area contributed by atoms with Crippen molar-refractivity contribution in [2.24, 2.45) is 5.73 Å². The van der Waals surface area contributed by atoms with Crippen LogP contribution in [0.4, 0.5) is 0 Å². The summed E-state index contributed by atoms with van der Waals surface area (Å²) in [7, 11) is 0. The van der Waals surface area contributed by atoms with Gasteiger partial charge in [-0.1, -0.05) is 43.3 Å². The number of hydrogen-bond acceptors (Lipinski definition) is 4. The van der Waals surface area contributed by atoms with Crippen LogP contribution in [-0.2, 0) is 14.4 Å². The minimum Gasteiger partial charge on any atom is -0.481 e. The van der Waals surface area contributed by atoms with Crippen molar-refractivity contribution in [1.29, 1.82) is 0 Å². The molecule has 0 saturated heterocycles. The van der Waals surface area contributed by atoms with Gasteiger partial charge < -0.3 is 21.5 Å². The molecule has 0 aliphatic heterocycles. The van der Waals surface area contributed by atoms with Crippen molar-refractivity contribution in [3.63, 3.8) is 0 Å². The third kappa shape index (κ3) is 6.76. The first-order valence-corrected chi connectivity index (χ1v) is 8.13. The zero-order valence-electron chi connectivity index (χ0n) is 14.3. The molecule has 0 spiro atoms. The normalized spacial score (nSPS) is 14.0. The van der Waals surface area contributed by atoms with E-state index in [9.17, 15) is 14.4 Å². The molecule has 1 aromatic carbocycles. The maximum Gasteiger partial charge on any atom is 0.305 e. The number of carbonyl (C=O) groups is 3. The third-order valence-corrected chi connectivity index (χ3v) is 3.69. The van der Waals surface area contributed by atoms with E-state index in [0.717, 1.165) is 5.56 Å². The summed E-state index contributed by atoms with van der Waals surface area (Å²) in [6, 6.07) is 7.19. The maximum absolute atomic E-state index is 12.5. The number of aliphatic carboxylic acids is 1. The quantitative estimate of drug-likeness (QED) is 0.473. The van der Waals surface area contributed by atoms with Crippen molar-refractivity contribution in [3.8, 4) is 0 Å². The Morgan fingerprint density at radius 3 is 2.36 bits per heavy atom. The summed E-state index contributed by atoms with van der Waals surface area (Å²) in [5, 5.41) is 14.1. The van der Waals surface area contributed by atoms with E-state index in [1.165, 1.54) is 0 Å². The third-order valence-electron chi connectivity index (χ3n) is 3.69. The monoisotopic (exact) mass is 347 g/mol. The second kappa shape index (κ2) is 10.2. The van der Waals surface area contributed by atoms with Gasteiger partial charge in [-0.25, -0.2) is 0 Å². The van der Waals surface area contributed by atoms with Crippen molar-refractivity contribution in [1.82, 2.24) is 10.6 Å². The Labute approximate surface area is 147 Å². The average Bonchev–Trinajstić information content (AvgIpc) is 2.59. The molecule has 1 aromatic rings. The molecule has 0 radical (unpaired) electrons. The number of carbonyl (C=O) groups excluding carboxylic acids is 2. The molecular formula is C18H25N3O4. The van der Waals surface area contributed by atoms with Gasteiger partial charge in [0.25, 0.3) is 0 Å². The predicted molar refractivity (Wildman–Crippen MR) is 94.6 cm³/mol. The fraction of sp³-hybridized carbons (Fsp3) is 0.389. The smallest absolute Gasteiger partial charge is 0.305 e. The van der Waals surface area contributed by atoms with E-state index >= 15 is 0 Å². The lowest BCUT2D eigenvalue weighted by Gasteiger charge is -2.23. The maximum atomic E-state index is 12.5. The van der Waals surface area contributed by atoms with Crippen LogP contribution in [-0.4, -0.2) is 35.0 Å². The van der Waals surface area contributed by atoms with E-state index in [1.807, 2.05) is 30.3 Å². The molecule has 0 aliphatic carbocycles. The molecule has 3 atom stereocenters. The number of benzene rings is 1. The van der Waals surface area contributed by atoms with E-state index in [0.29, 0.717) is 12.8 Å². The van der Waals surface area contributed by atoms with E-state index in [-0.39, 0.29) is 11.9 Å². The molecular weight excluding hydrogens is 322 g/mol. The minimum atomic E-state index is -1.20. The molecule has 0 heterocycles. The zero-order valence-corrected chi connectivity index (χ0v) is 14.3. The SMILES string of the molecule is C=CCC(NC(=O)[C@H](CC)NC(=O)[C@@H](N)CC(=O)O)c1ccccc1. The number of nitrogens with one attached hydrogen (secondary N) is 2. The van der Waals surface area contributed by atoms with Crippen LogP contribution in [0.1, 0.15) is 37.8 Å². The van der Waals surface area contributed by atoms with Gasteiger partial charge >= 0.3 is 5.97 Å². The van der Waals surface area contributed by atoms with Crippen LogP contribution in [0.15, 0.2) is 43.0 Å². The Morgan fingerprint density at radius 2 is 1.84 bits per heavy atom. The van der Waals surface area contributed by atoms with E-state index in [4.69, 9.17) is 10.8 Å². The Morgan fingerprint density at radius 1 is 1.20 bits per heavy atom. The topological polar surface area (TPSA) is 122 Å². The fourth-order valence-corrected chi connectivity index (χ4v) is 2.32. The van der Waals surface area contributed by atoms with Crippen molar-refractivity contribution >= 4 is 17.8 Å². The number of nitrogens with two attached hydrogens (primary N) is 1. The predicted octanol–water partition coefficient (Wildman–Crippen LogP) is 1.12. The molecule has 25 heavy (non-hydrogen) atoms. The number of rotatable bonds is 10. The molecule has 0 aromatic heterocycles. The second-order valence-corrected chi connectivity index (χ2v) is 5.67. The molecule has 0 aliphatic rings. The van der Waals surface area contributed by atoms with Gasteiger partial charge in [-0.3, -0.25) is 14.4 Å². The highest BCUT2D eigenvalue weighted by Gasteiger charge is 2.25. The lowest BCUT2D eigenvalue weighted by Crippen LogP contribution is -2.52. The highest BCUT2D eigenvalue weighted by Crippen LogP contribution is 2.17. The molecule has 5 N–H and O–H groups in total. The first-order chi connectivity index (χ1) is 11.9. The molecule has 7 heteroatoms. The summed E-state index contributed by atoms with van der Waals surface area (Å²) in [5.41, 5.74) is 6.45. The van der Waals surface area contributed by atoms with Crippen molar-refractivity contribution in [2.75, 3.05) is 0 Å². The summed E-state index contributed by atoms with van der Waals surface area (Å²) in [6.45, 7) is 5.45. The molecule has 0 bridgehead atoms. The zero-order chi connectivity index (χ0) is 18.8. The second-order valence-electron chi connectivity index (χ2n) is 5.67. The van der Waals surface area contributed by atoms with Crippen LogP contribution in [0.3, 0.4) is 0 Å². The average molecular weight is 347 g/mol. The van der Waals surface area contributed by atoms with Crippen LogP contribution in [0.25, 0.3) is 0 Å². The molecule has 7 nitrogen and oxygen atoms in total. The molecule has 0 saturated carbocycles. The minimum absolute atomic E-state index is 0.259. The number of carboxylic acid groups (broad SMARTS) is 1. The van der Waals surface area contributed by atoms with Crippen LogP contribution in [0.5, 0.6) is 0 Å². The summed E-state index contributed by atoms with van der Waals surface area (Å²) in [5.74, 6) is -2.19. The van der Waals surface area contributed by atoms with Gasteiger partial charge in [0.2, 0.25) is 11.8 Å². The van der Waals surface area contributed by atoms with Crippen LogP contribution in [0, 0.1) is 0 Å². The van der Waals surface area contributed by atoms with Crippen molar-refractivity contribution < 1.29 is 19.5 Å². The molecule has 136 valence electrons. The van der Waals surface area contributed by atoms with Crippen LogP contribution >= 0.6 is 0 Å². The summed E-state index contributed by atoms with van der Waals surface area (Å²) >= 11 is 0. The summed E-state index contributed by atoms with van der Waals surface area (Å²) in [4.78, 5) is 35.1. The van der Waals surface area contributed by atoms with Gasteiger partial charge in [-0.05, 0) is 18.4 Å². The van der Waals surface area contributed by atoms with E-state index in [1.54, 1.807) is 13.0 Å². The Balaban J connectivity index is 2.74. The number of carboxylic acids is 1. The first-order valence-electron chi connectivity index (χ1n) is 8.13. The van der Waals surface area contributed by atoms with Gasteiger partial charge in [0.15, 0.2) is 0 Å². The molecule has 1 unspecified atom stereocenters. The molecule has 1 rings (SSSR count).